The molecule has 0 aliphatic carbocycles. The lowest BCUT2D eigenvalue weighted by Gasteiger charge is -2.00. The van der Waals surface area contributed by atoms with Crippen molar-refractivity contribution >= 4 is 16.8 Å². The van der Waals surface area contributed by atoms with Crippen LogP contribution in [0.4, 0.5) is 0 Å². The van der Waals surface area contributed by atoms with Crippen LogP contribution in [0.3, 0.4) is 0 Å². The molecule has 0 saturated heterocycles. The van der Waals surface area contributed by atoms with E-state index < -0.39 is 16.8 Å². The van der Waals surface area contributed by atoms with Crippen molar-refractivity contribution < 1.29 is 18.5 Å². The molecule has 0 aliphatic heterocycles. The van der Waals surface area contributed by atoms with Crippen molar-refractivity contribution in [3.05, 3.63) is 35.9 Å². The molecule has 18 heavy (non-hydrogen) atoms. The summed E-state index contributed by atoms with van der Waals surface area (Å²) in [6.45, 7) is 0. The Bertz CT molecular complexity index is 587. The number of carboxylic acids is 1. The van der Waals surface area contributed by atoms with Gasteiger partial charge in [0.2, 0.25) is 5.76 Å². The smallest absolute Gasteiger partial charge is 0.371 e. The van der Waals surface area contributed by atoms with Gasteiger partial charge in [-0.15, -0.1) is 0 Å². The van der Waals surface area contributed by atoms with Gasteiger partial charge in [-0.05, 0) is 18.2 Å². The normalized spacial score (nSPS) is 12.5. The van der Waals surface area contributed by atoms with Crippen molar-refractivity contribution in [1.29, 1.82) is 0 Å². The maximum absolute atomic E-state index is 11.9. The molecule has 6 nitrogen and oxygen atoms in total. The number of hydrogen-bond donors (Lipinski definition) is 1. The average molecular weight is 268 g/mol. The van der Waals surface area contributed by atoms with E-state index in [9.17, 15) is 9.00 Å². The van der Waals surface area contributed by atoms with Crippen LogP contribution >= 0.6 is 0 Å². The SMILES string of the molecule is Cn1nccc1CCS(=O)c1ccc(C(=O)O)o1. The molecule has 2 rings (SSSR count). The van der Waals surface area contributed by atoms with E-state index in [2.05, 4.69) is 5.10 Å². The zero-order valence-corrected chi connectivity index (χ0v) is 10.5. The molecule has 0 amide bonds. The number of carboxylic acid groups (broad SMARTS) is 1. The molecule has 0 aromatic carbocycles. The van der Waals surface area contributed by atoms with Crippen LogP contribution in [-0.2, 0) is 24.3 Å². The highest BCUT2D eigenvalue weighted by Crippen LogP contribution is 2.13. The molecule has 7 heteroatoms. The highest BCUT2D eigenvalue weighted by atomic mass is 32.2. The molecule has 0 bridgehead atoms. The first-order valence-corrected chi connectivity index (χ1v) is 6.58. The van der Waals surface area contributed by atoms with Gasteiger partial charge in [0, 0.05) is 31.1 Å². The second kappa shape index (κ2) is 5.18. The van der Waals surface area contributed by atoms with Gasteiger partial charge >= 0.3 is 5.97 Å². The number of aromatic nitrogens is 2. The van der Waals surface area contributed by atoms with Crippen molar-refractivity contribution in [3.63, 3.8) is 0 Å². The minimum atomic E-state index is -1.34. The predicted molar refractivity (Wildman–Crippen MR) is 63.9 cm³/mol. The van der Waals surface area contributed by atoms with Gasteiger partial charge in [-0.3, -0.25) is 8.89 Å². The first kappa shape index (κ1) is 12.6. The molecule has 0 fully saturated rings. The van der Waals surface area contributed by atoms with Gasteiger partial charge in [0.05, 0.1) is 10.8 Å². The molecule has 0 spiro atoms. The first-order valence-electron chi connectivity index (χ1n) is 5.26. The largest absolute Gasteiger partial charge is 0.475 e. The number of aryl methyl sites for hydroxylation is 2. The molecule has 1 atom stereocenters. The van der Waals surface area contributed by atoms with Crippen LogP contribution in [0.25, 0.3) is 0 Å². The van der Waals surface area contributed by atoms with Gasteiger partial charge in [0.25, 0.3) is 0 Å². The Labute approximate surface area is 106 Å². The van der Waals surface area contributed by atoms with Gasteiger partial charge in [-0.1, -0.05) is 0 Å². The maximum atomic E-state index is 11.9. The Morgan fingerprint density at radius 1 is 1.50 bits per heavy atom. The minimum absolute atomic E-state index is 0.189. The van der Waals surface area contributed by atoms with Crippen LogP contribution in [0.2, 0.25) is 0 Å². The summed E-state index contributed by atoms with van der Waals surface area (Å²) in [5.74, 6) is -0.990. The van der Waals surface area contributed by atoms with E-state index >= 15 is 0 Å². The average Bonchev–Trinajstić information content (AvgIpc) is 2.94. The number of hydrogen-bond acceptors (Lipinski definition) is 4. The van der Waals surface area contributed by atoms with Crippen LogP contribution in [0, 0.1) is 0 Å². The van der Waals surface area contributed by atoms with Gasteiger partial charge < -0.3 is 9.52 Å². The molecule has 96 valence electrons. The standard InChI is InChI=1S/C11H12N2O4S/c1-13-8(4-6-12-13)5-7-18(16)10-3-2-9(17-10)11(14)15/h2-4,6H,5,7H2,1H3,(H,14,15). The fourth-order valence-corrected chi connectivity index (χ4v) is 2.50. The summed E-state index contributed by atoms with van der Waals surface area (Å²) >= 11 is 0. The summed E-state index contributed by atoms with van der Waals surface area (Å²) in [6.07, 6.45) is 2.26. The van der Waals surface area contributed by atoms with Crippen LogP contribution in [0.15, 0.2) is 33.9 Å². The molecule has 2 aromatic rings. The number of furan rings is 1. The predicted octanol–water partition coefficient (Wildman–Crippen LogP) is 1.06. The zero-order chi connectivity index (χ0) is 13.1. The number of rotatable bonds is 5. The van der Waals surface area contributed by atoms with Gasteiger partial charge in [-0.2, -0.15) is 5.10 Å². The summed E-state index contributed by atoms with van der Waals surface area (Å²) in [7, 11) is 0.470. The van der Waals surface area contributed by atoms with Crippen molar-refractivity contribution in [3.8, 4) is 0 Å². The topological polar surface area (TPSA) is 85.3 Å². The molecule has 1 N–H and O–H groups in total. The highest BCUT2D eigenvalue weighted by molar-refractivity contribution is 7.84. The molecular formula is C11H12N2O4S. The van der Waals surface area contributed by atoms with Crippen molar-refractivity contribution in [2.24, 2.45) is 7.05 Å². The second-order valence-corrected chi connectivity index (χ2v) is 5.17. The van der Waals surface area contributed by atoms with E-state index in [0.717, 1.165) is 5.69 Å². The Kier molecular flexibility index (Phi) is 3.61. The summed E-state index contributed by atoms with van der Waals surface area (Å²) < 4.78 is 18.6. The summed E-state index contributed by atoms with van der Waals surface area (Å²) in [5.41, 5.74) is 0.966. The highest BCUT2D eigenvalue weighted by Gasteiger charge is 2.14. The lowest BCUT2D eigenvalue weighted by Crippen LogP contribution is -2.05. The molecule has 2 aromatic heterocycles. The van der Waals surface area contributed by atoms with E-state index in [0.29, 0.717) is 12.2 Å². The van der Waals surface area contributed by atoms with Crippen molar-refractivity contribution in [2.75, 3.05) is 5.75 Å². The molecule has 1 unspecified atom stereocenters. The van der Waals surface area contributed by atoms with E-state index in [-0.39, 0.29) is 10.9 Å². The monoisotopic (exact) mass is 268 g/mol. The second-order valence-electron chi connectivity index (χ2n) is 3.67. The van der Waals surface area contributed by atoms with E-state index in [4.69, 9.17) is 9.52 Å². The van der Waals surface area contributed by atoms with Crippen LogP contribution in [-0.4, -0.2) is 30.8 Å². The maximum Gasteiger partial charge on any atom is 0.371 e. The summed E-state index contributed by atoms with van der Waals surface area (Å²) in [5, 5.41) is 12.9. The third-order valence-electron chi connectivity index (χ3n) is 2.48. The lowest BCUT2D eigenvalue weighted by atomic mass is 10.3. The third kappa shape index (κ3) is 2.67. The van der Waals surface area contributed by atoms with Crippen LogP contribution in [0.5, 0.6) is 0 Å². The van der Waals surface area contributed by atoms with E-state index in [1.165, 1.54) is 12.1 Å². The van der Waals surface area contributed by atoms with E-state index in [1.807, 2.05) is 13.1 Å². The fourth-order valence-electron chi connectivity index (χ4n) is 1.50. The molecular weight excluding hydrogens is 256 g/mol. The fraction of sp³-hybridized carbons (Fsp3) is 0.273. The first-order chi connectivity index (χ1) is 8.58. The number of aromatic carboxylic acids is 1. The van der Waals surface area contributed by atoms with Crippen LogP contribution < -0.4 is 0 Å². The summed E-state index contributed by atoms with van der Waals surface area (Å²) in [6, 6.07) is 4.59. The zero-order valence-electron chi connectivity index (χ0n) is 9.70. The molecule has 0 saturated carbocycles. The van der Waals surface area contributed by atoms with E-state index in [1.54, 1.807) is 10.9 Å². The lowest BCUT2D eigenvalue weighted by molar-refractivity contribution is 0.0656. The van der Waals surface area contributed by atoms with Gasteiger partial charge in [-0.25, -0.2) is 4.79 Å². The van der Waals surface area contributed by atoms with Gasteiger partial charge in [0.1, 0.15) is 0 Å². The number of carbonyl (C=O) groups is 1. The Morgan fingerprint density at radius 3 is 2.83 bits per heavy atom. The molecule has 2 heterocycles. The Balaban J connectivity index is 1.99. The summed E-state index contributed by atoms with van der Waals surface area (Å²) in [4.78, 5) is 10.6. The molecule has 0 aliphatic rings. The molecule has 0 radical (unpaired) electrons. The Morgan fingerprint density at radius 2 is 2.28 bits per heavy atom. The number of nitrogens with zero attached hydrogens (tertiary/aromatic N) is 2. The minimum Gasteiger partial charge on any atom is -0.475 e. The van der Waals surface area contributed by atoms with Crippen LogP contribution in [0.1, 0.15) is 16.2 Å². The third-order valence-corrected chi connectivity index (χ3v) is 3.73. The quantitative estimate of drug-likeness (QED) is 0.876. The van der Waals surface area contributed by atoms with Crippen molar-refractivity contribution in [1.82, 2.24) is 9.78 Å². The van der Waals surface area contributed by atoms with Gasteiger partial charge in [0.15, 0.2) is 5.09 Å². The Hall–Kier alpha value is -1.89. The van der Waals surface area contributed by atoms with Crippen molar-refractivity contribution in [2.45, 2.75) is 11.5 Å².